The fourth-order valence-electron chi connectivity index (χ4n) is 1.74. The Morgan fingerprint density at radius 2 is 2.29 bits per heavy atom. The lowest BCUT2D eigenvalue weighted by Crippen LogP contribution is -2.09. The van der Waals surface area contributed by atoms with E-state index in [0.717, 1.165) is 18.1 Å². The van der Waals surface area contributed by atoms with Crippen molar-refractivity contribution in [3.05, 3.63) is 11.6 Å². The number of nitrogens with two attached hydrogens (primary N) is 1. The first kappa shape index (κ1) is 9.65. The molecule has 0 aromatic carbocycles. The number of nitrogens with zero attached hydrogens (tertiary/aromatic N) is 3. The molecule has 1 unspecified atom stereocenters. The van der Waals surface area contributed by atoms with Crippen molar-refractivity contribution in [3.63, 3.8) is 0 Å². The van der Waals surface area contributed by atoms with Crippen molar-refractivity contribution in [1.29, 1.82) is 0 Å². The molecular weight excluding hydrogens is 176 g/mol. The Kier molecular flexibility index (Phi) is 2.54. The van der Waals surface area contributed by atoms with Crippen molar-refractivity contribution >= 4 is 0 Å². The Morgan fingerprint density at radius 3 is 2.86 bits per heavy atom. The number of rotatable bonds is 4. The molecule has 1 aliphatic carbocycles. The van der Waals surface area contributed by atoms with Crippen molar-refractivity contribution in [2.24, 2.45) is 12.8 Å². The summed E-state index contributed by atoms with van der Waals surface area (Å²) >= 11 is 0. The molecule has 1 aromatic rings. The summed E-state index contributed by atoms with van der Waals surface area (Å²) in [5, 5.41) is 4.44. The summed E-state index contributed by atoms with van der Waals surface area (Å²) < 4.78 is 1.91. The van der Waals surface area contributed by atoms with Crippen LogP contribution in [-0.2, 0) is 7.05 Å². The van der Waals surface area contributed by atoms with Crippen LogP contribution in [0.25, 0.3) is 0 Å². The molecule has 4 heteroatoms. The second kappa shape index (κ2) is 3.69. The van der Waals surface area contributed by atoms with Crippen molar-refractivity contribution in [3.8, 4) is 0 Å². The number of aromatic nitrogens is 3. The standard InChI is InChI=1S/C10H18N4/c1-7(5-6-11)10-12-9(8-3-4-8)13-14(10)2/h7-8H,3-6,11H2,1-2H3. The highest BCUT2D eigenvalue weighted by atomic mass is 15.3. The van der Waals surface area contributed by atoms with E-state index in [9.17, 15) is 0 Å². The van der Waals surface area contributed by atoms with Gasteiger partial charge in [-0.1, -0.05) is 6.92 Å². The van der Waals surface area contributed by atoms with E-state index >= 15 is 0 Å². The Balaban J connectivity index is 2.15. The molecule has 0 radical (unpaired) electrons. The second-order valence-corrected chi connectivity index (χ2v) is 4.20. The van der Waals surface area contributed by atoms with Gasteiger partial charge in [-0.25, -0.2) is 4.98 Å². The van der Waals surface area contributed by atoms with Crippen LogP contribution in [0.5, 0.6) is 0 Å². The van der Waals surface area contributed by atoms with Crippen LogP contribution in [0.4, 0.5) is 0 Å². The summed E-state index contributed by atoms with van der Waals surface area (Å²) in [4.78, 5) is 4.59. The molecule has 2 rings (SSSR count). The third-order valence-corrected chi connectivity index (χ3v) is 2.80. The van der Waals surface area contributed by atoms with Gasteiger partial charge in [-0.2, -0.15) is 5.10 Å². The molecule has 1 aliphatic rings. The zero-order valence-electron chi connectivity index (χ0n) is 8.90. The quantitative estimate of drug-likeness (QED) is 0.782. The van der Waals surface area contributed by atoms with Crippen LogP contribution in [0, 0.1) is 0 Å². The minimum atomic E-state index is 0.421. The van der Waals surface area contributed by atoms with Crippen LogP contribution in [-0.4, -0.2) is 21.3 Å². The average molecular weight is 194 g/mol. The van der Waals surface area contributed by atoms with Crippen molar-refractivity contribution < 1.29 is 0 Å². The van der Waals surface area contributed by atoms with Gasteiger partial charge in [0.25, 0.3) is 0 Å². The lowest BCUT2D eigenvalue weighted by Gasteiger charge is -2.07. The fraction of sp³-hybridized carbons (Fsp3) is 0.800. The molecular formula is C10H18N4. The molecule has 14 heavy (non-hydrogen) atoms. The molecule has 0 bridgehead atoms. The molecule has 1 atom stereocenters. The fourth-order valence-corrected chi connectivity index (χ4v) is 1.74. The molecule has 0 amide bonds. The van der Waals surface area contributed by atoms with Crippen molar-refractivity contribution in [2.75, 3.05) is 6.54 Å². The van der Waals surface area contributed by atoms with Gasteiger partial charge in [-0.3, -0.25) is 4.68 Å². The van der Waals surface area contributed by atoms with Crippen molar-refractivity contribution in [2.45, 2.75) is 38.0 Å². The Morgan fingerprint density at radius 1 is 1.57 bits per heavy atom. The molecule has 2 N–H and O–H groups in total. The maximum atomic E-state index is 5.54. The Bertz CT molecular complexity index is 314. The normalized spacial score (nSPS) is 18.5. The van der Waals surface area contributed by atoms with Crippen LogP contribution in [0.3, 0.4) is 0 Å². The van der Waals surface area contributed by atoms with Gasteiger partial charge in [0.15, 0.2) is 5.82 Å². The van der Waals surface area contributed by atoms with E-state index in [2.05, 4.69) is 17.0 Å². The highest BCUT2D eigenvalue weighted by Gasteiger charge is 2.29. The maximum Gasteiger partial charge on any atom is 0.154 e. The van der Waals surface area contributed by atoms with Gasteiger partial charge in [0.2, 0.25) is 0 Å². The van der Waals surface area contributed by atoms with E-state index in [-0.39, 0.29) is 0 Å². The lowest BCUT2D eigenvalue weighted by molar-refractivity contribution is 0.592. The van der Waals surface area contributed by atoms with Gasteiger partial charge >= 0.3 is 0 Å². The molecule has 0 saturated heterocycles. The Hall–Kier alpha value is -0.900. The average Bonchev–Trinajstić information content (AvgIpc) is 2.91. The first-order valence-electron chi connectivity index (χ1n) is 5.33. The summed E-state index contributed by atoms with van der Waals surface area (Å²) in [5.41, 5.74) is 5.54. The summed E-state index contributed by atoms with van der Waals surface area (Å²) in [7, 11) is 1.97. The highest BCUT2D eigenvalue weighted by Crippen LogP contribution is 2.38. The summed E-state index contributed by atoms with van der Waals surface area (Å²) in [6.45, 7) is 2.88. The number of hydrogen-bond donors (Lipinski definition) is 1. The Labute approximate surface area is 84.5 Å². The van der Waals surface area contributed by atoms with Crippen LogP contribution >= 0.6 is 0 Å². The van der Waals surface area contributed by atoms with Crippen LogP contribution < -0.4 is 5.73 Å². The first-order chi connectivity index (χ1) is 6.72. The SMILES string of the molecule is CC(CCN)c1nc(C2CC2)nn1C. The predicted molar refractivity (Wildman–Crippen MR) is 55.1 cm³/mol. The van der Waals surface area contributed by atoms with Gasteiger partial charge in [-0.05, 0) is 25.8 Å². The number of hydrogen-bond acceptors (Lipinski definition) is 3. The molecule has 1 aromatic heterocycles. The zero-order chi connectivity index (χ0) is 10.1. The highest BCUT2D eigenvalue weighted by molar-refractivity contribution is 5.08. The van der Waals surface area contributed by atoms with Crippen LogP contribution in [0.15, 0.2) is 0 Å². The zero-order valence-corrected chi connectivity index (χ0v) is 8.90. The van der Waals surface area contributed by atoms with E-state index in [1.54, 1.807) is 0 Å². The van der Waals surface area contributed by atoms with E-state index in [4.69, 9.17) is 5.73 Å². The van der Waals surface area contributed by atoms with E-state index < -0.39 is 0 Å². The molecule has 1 saturated carbocycles. The maximum absolute atomic E-state index is 5.54. The van der Waals surface area contributed by atoms with E-state index in [1.807, 2.05) is 11.7 Å². The minimum absolute atomic E-state index is 0.421. The largest absolute Gasteiger partial charge is 0.330 e. The van der Waals surface area contributed by atoms with Gasteiger partial charge < -0.3 is 5.73 Å². The molecule has 1 fully saturated rings. The first-order valence-corrected chi connectivity index (χ1v) is 5.33. The summed E-state index contributed by atoms with van der Waals surface area (Å²) in [6.07, 6.45) is 3.50. The van der Waals surface area contributed by atoms with E-state index in [0.29, 0.717) is 18.4 Å². The topological polar surface area (TPSA) is 56.7 Å². The number of aryl methyl sites for hydroxylation is 1. The lowest BCUT2D eigenvalue weighted by atomic mass is 10.1. The smallest absolute Gasteiger partial charge is 0.154 e. The molecule has 0 spiro atoms. The summed E-state index contributed by atoms with van der Waals surface area (Å²) in [6, 6.07) is 0. The minimum Gasteiger partial charge on any atom is -0.330 e. The molecule has 1 heterocycles. The van der Waals surface area contributed by atoms with Crippen molar-refractivity contribution in [1.82, 2.24) is 14.8 Å². The third-order valence-electron chi connectivity index (χ3n) is 2.80. The van der Waals surface area contributed by atoms with Gasteiger partial charge in [-0.15, -0.1) is 0 Å². The van der Waals surface area contributed by atoms with Gasteiger partial charge in [0.1, 0.15) is 5.82 Å². The monoisotopic (exact) mass is 194 g/mol. The molecule has 0 aliphatic heterocycles. The second-order valence-electron chi connectivity index (χ2n) is 4.20. The molecule has 4 nitrogen and oxygen atoms in total. The third kappa shape index (κ3) is 1.80. The summed E-state index contributed by atoms with van der Waals surface area (Å²) in [5.74, 6) is 3.17. The van der Waals surface area contributed by atoms with E-state index in [1.165, 1.54) is 12.8 Å². The van der Waals surface area contributed by atoms with Gasteiger partial charge in [0, 0.05) is 18.9 Å². The van der Waals surface area contributed by atoms with Crippen LogP contribution in [0.2, 0.25) is 0 Å². The van der Waals surface area contributed by atoms with Crippen LogP contribution in [0.1, 0.15) is 49.7 Å². The predicted octanol–water partition coefficient (Wildman–Crippen LogP) is 1.14. The molecule has 78 valence electrons. The van der Waals surface area contributed by atoms with Gasteiger partial charge in [0.05, 0.1) is 0 Å².